The molecule has 1 aliphatic heterocycles. The number of ether oxygens (including phenoxy) is 2. The molecular weight excluding hydrogens is 242 g/mol. The van der Waals surface area contributed by atoms with E-state index >= 15 is 0 Å². The standard InChI is InChI=1S/C6H14O4.C5H9NO.H2O/c7-1-3-9-5-6-10-4-2-8;1-6-4-2-3-5(6)7;/h7-8H,1-6H2;2-4H2,1H3;1H2. The molecule has 0 aromatic heterocycles. The summed E-state index contributed by atoms with van der Waals surface area (Å²) < 4.78 is 9.75. The van der Waals surface area contributed by atoms with E-state index in [2.05, 4.69) is 0 Å². The highest BCUT2D eigenvalue weighted by Gasteiger charge is 2.14. The second-order valence-corrected chi connectivity index (χ2v) is 3.59. The third kappa shape index (κ3) is 11.7. The van der Waals surface area contributed by atoms with Crippen LogP contribution in [0.15, 0.2) is 0 Å². The number of carbonyl (C=O) groups excluding carboxylic acids is 1. The summed E-state index contributed by atoms with van der Waals surface area (Å²) in [5, 5.41) is 16.5. The first-order chi connectivity index (χ1) is 8.22. The Labute approximate surface area is 108 Å². The Balaban J connectivity index is 0. The minimum atomic E-state index is 0. The maximum atomic E-state index is 10.5. The van der Waals surface area contributed by atoms with Crippen LogP contribution in [0.2, 0.25) is 0 Å². The van der Waals surface area contributed by atoms with Gasteiger partial charge >= 0.3 is 0 Å². The predicted molar refractivity (Wildman–Crippen MR) is 66.3 cm³/mol. The minimum absolute atomic E-state index is 0. The highest BCUT2D eigenvalue weighted by atomic mass is 16.5. The minimum Gasteiger partial charge on any atom is -0.412 e. The number of aliphatic hydroxyl groups excluding tert-OH is 2. The number of hydrogen-bond acceptors (Lipinski definition) is 5. The maximum Gasteiger partial charge on any atom is 0.222 e. The summed E-state index contributed by atoms with van der Waals surface area (Å²) in [5.41, 5.74) is 0. The molecule has 4 N–H and O–H groups in total. The van der Waals surface area contributed by atoms with Crippen LogP contribution in [0.3, 0.4) is 0 Å². The summed E-state index contributed by atoms with van der Waals surface area (Å²) in [6, 6.07) is 0. The number of hydrogen-bond donors (Lipinski definition) is 2. The lowest BCUT2D eigenvalue weighted by atomic mass is 10.4. The van der Waals surface area contributed by atoms with E-state index < -0.39 is 0 Å². The van der Waals surface area contributed by atoms with Gasteiger partial charge in [0.05, 0.1) is 39.6 Å². The zero-order valence-electron chi connectivity index (χ0n) is 10.9. The lowest BCUT2D eigenvalue weighted by Crippen LogP contribution is -2.17. The topological polar surface area (TPSA) is 111 Å². The van der Waals surface area contributed by atoms with E-state index in [9.17, 15) is 4.79 Å². The Hall–Kier alpha value is -0.730. The Morgan fingerprint density at radius 2 is 1.61 bits per heavy atom. The molecule has 1 saturated heterocycles. The van der Waals surface area contributed by atoms with Crippen molar-refractivity contribution in [2.45, 2.75) is 12.8 Å². The molecule has 0 spiro atoms. The van der Waals surface area contributed by atoms with Crippen molar-refractivity contribution in [1.82, 2.24) is 4.90 Å². The number of likely N-dealkylation sites (tertiary alicyclic amines) is 1. The molecule has 1 aliphatic rings. The van der Waals surface area contributed by atoms with E-state index in [0.717, 1.165) is 19.4 Å². The Bertz CT molecular complexity index is 182. The molecule has 7 nitrogen and oxygen atoms in total. The Kier molecular flexibility index (Phi) is 15.6. The summed E-state index contributed by atoms with van der Waals surface area (Å²) in [6.45, 7) is 2.69. The lowest BCUT2D eigenvalue weighted by molar-refractivity contribution is -0.126. The second-order valence-electron chi connectivity index (χ2n) is 3.59. The van der Waals surface area contributed by atoms with E-state index in [1.807, 2.05) is 7.05 Å². The normalized spacial score (nSPS) is 13.9. The fraction of sp³-hybridized carbons (Fsp3) is 0.909. The fourth-order valence-corrected chi connectivity index (χ4v) is 1.23. The molecule has 0 aromatic carbocycles. The summed E-state index contributed by atoms with van der Waals surface area (Å²) in [6.07, 6.45) is 1.81. The van der Waals surface area contributed by atoms with Gasteiger partial charge in [-0.1, -0.05) is 0 Å². The highest BCUT2D eigenvalue weighted by molar-refractivity contribution is 5.77. The number of rotatable bonds is 7. The second kappa shape index (κ2) is 14.3. The van der Waals surface area contributed by atoms with Gasteiger partial charge in [0.1, 0.15) is 0 Å². The molecule has 1 amide bonds. The van der Waals surface area contributed by atoms with Crippen LogP contribution in [0.25, 0.3) is 0 Å². The van der Waals surface area contributed by atoms with Crippen molar-refractivity contribution in [3.63, 3.8) is 0 Å². The number of amides is 1. The number of carbonyl (C=O) groups is 1. The number of aliphatic hydroxyl groups is 2. The van der Waals surface area contributed by atoms with Crippen LogP contribution in [0.5, 0.6) is 0 Å². The van der Waals surface area contributed by atoms with Crippen molar-refractivity contribution in [2.24, 2.45) is 0 Å². The maximum absolute atomic E-state index is 10.5. The molecule has 0 aromatic rings. The summed E-state index contributed by atoms with van der Waals surface area (Å²) >= 11 is 0. The summed E-state index contributed by atoms with van der Waals surface area (Å²) in [5.74, 6) is 0.292. The van der Waals surface area contributed by atoms with Crippen LogP contribution >= 0.6 is 0 Å². The van der Waals surface area contributed by atoms with Crippen molar-refractivity contribution in [1.29, 1.82) is 0 Å². The molecule has 18 heavy (non-hydrogen) atoms. The van der Waals surface area contributed by atoms with Crippen LogP contribution < -0.4 is 0 Å². The predicted octanol–water partition coefficient (Wildman–Crippen LogP) is -1.58. The number of nitrogens with zero attached hydrogens (tertiary/aromatic N) is 1. The van der Waals surface area contributed by atoms with Crippen molar-refractivity contribution in [3.05, 3.63) is 0 Å². The molecule has 110 valence electrons. The Morgan fingerprint density at radius 1 is 1.11 bits per heavy atom. The molecule has 1 rings (SSSR count). The SMILES string of the molecule is CN1CCCC1=O.O.OCCOCCOCCO. The molecular formula is C11H25NO6. The van der Waals surface area contributed by atoms with Crippen LogP contribution in [0.1, 0.15) is 12.8 Å². The third-order valence-electron chi connectivity index (χ3n) is 2.15. The highest BCUT2D eigenvalue weighted by Crippen LogP contribution is 2.04. The van der Waals surface area contributed by atoms with E-state index in [4.69, 9.17) is 19.7 Å². The van der Waals surface area contributed by atoms with Crippen LogP contribution in [-0.4, -0.2) is 79.7 Å². The lowest BCUT2D eigenvalue weighted by Gasteiger charge is -2.03. The average molecular weight is 267 g/mol. The summed E-state index contributed by atoms with van der Waals surface area (Å²) in [7, 11) is 1.84. The van der Waals surface area contributed by atoms with E-state index in [-0.39, 0.29) is 18.7 Å². The van der Waals surface area contributed by atoms with Crippen LogP contribution in [0, 0.1) is 0 Å². The van der Waals surface area contributed by atoms with Gasteiger partial charge in [-0.2, -0.15) is 0 Å². The zero-order valence-corrected chi connectivity index (χ0v) is 10.9. The molecule has 1 heterocycles. The zero-order chi connectivity index (χ0) is 12.9. The quantitative estimate of drug-likeness (QED) is 0.541. The molecule has 0 unspecified atom stereocenters. The summed E-state index contributed by atoms with van der Waals surface area (Å²) in [4.78, 5) is 12.3. The molecule has 0 aliphatic carbocycles. The third-order valence-corrected chi connectivity index (χ3v) is 2.15. The van der Waals surface area contributed by atoms with Crippen molar-refractivity contribution in [2.75, 3.05) is 53.2 Å². The molecule has 0 bridgehead atoms. The van der Waals surface area contributed by atoms with Crippen molar-refractivity contribution < 1.29 is 30.0 Å². The van der Waals surface area contributed by atoms with Crippen LogP contribution in [0.4, 0.5) is 0 Å². The van der Waals surface area contributed by atoms with E-state index in [1.165, 1.54) is 0 Å². The molecule has 1 fully saturated rings. The van der Waals surface area contributed by atoms with Gasteiger partial charge < -0.3 is 30.1 Å². The smallest absolute Gasteiger partial charge is 0.222 e. The van der Waals surface area contributed by atoms with Gasteiger partial charge in [0.25, 0.3) is 0 Å². The first-order valence-electron chi connectivity index (χ1n) is 5.83. The first kappa shape index (κ1) is 19.6. The molecule has 0 atom stereocenters. The van der Waals surface area contributed by atoms with Gasteiger partial charge in [0, 0.05) is 20.0 Å². The van der Waals surface area contributed by atoms with E-state index in [0.29, 0.717) is 32.3 Å². The van der Waals surface area contributed by atoms with Gasteiger partial charge in [-0.25, -0.2) is 0 Å². The van der Waals surface area contributed by atoms with Gasteiger partial charge in [0.2, 0.25) is 5.91 Å². The van der Waals surface area contributed by atoms with Crippen LogP contribution in [-0.2, 0) is 14.3 Å². The largest absolute Gasteiger partial charge is 0.412 e. The van der Waals surface area contributed by atoms with Gasteiger partial charge in [0.15, 0.2) is 0 Å². The van der Waals surface area contributed by atoms with E-state index in [1.54, 1.807) is 4.90 Å². The van der Waals surface area contributed by atoms with Gasteiger partial charge in [-0.3, -0.25) is 4.79 Å². The molecule has 0 radical (unpaired) electrons. The van der Waals surface area contributed by atoms with Crippen molar-refractivity contribution in [3.8, 4) is 0 Å². The van der Waals surface area contributed by atoms with Crippen molar-refractivity contribution >= 4 is 5.91 Å². The van der Waals surface area contributed by atoms with Gasteiger partial charge in [-0.05, 0) is 6.42 Å². The van der Waals surface area contributed by atoms with Gasteiger partial charge in [-0.15, -0.1) is 0 Å². The Morgan fingerprint density at radius 3 is 1.83 bits per heavy atom. The fourth-order valence-electron chi connectivity index (χ4n) is 1.23. The first-order valence-corrected chi connectivity index (χ1v) is 5.83. The monoisotopic (exact) mass is 267 g/mol. The molecule has 0 saturated carbocycles. The molecule has 7 heteroatoms. The average Bonchev–Trinajstić information content (AvgIpc) is 2.69.